The predicted octanol–water partition coefficient (Wildman–Crippen LogP) is -0.630. The number of hydrogen-bond acceptors (Lipinski definition) is 6. The molecule has 0 aliphatic rings. The highest BCUT2D eigenvalue weighted by atomic mass is 17.1. The maximum Gasteiger partial charge on any atom is 0.305 e. The van der Waals surface area contributed by atoms with Crippen LogP contribution in [0.5, 0.6) is 0 Å². The average Bonchev–Trinajstić information content (AvgIpc) is 2.11. The van der Waals surface area contributed by atoms with Gasteiger partial charge in [-0.2, -0.15) is 0 Å². The first kappa shape index (κ1) is 13.8. The minimum atomic E-state index is -0.977. The molecular formula is C7H14N2O6. The van der Waals surface area contributed by atoms with Gasteiger partial charge >= 0.3 is 5.97 Å². The van der Waals surface area contributed by atoms with Crippen molar-refractivity contribution in [3.63, 3.8) is 0 Å². The van der Waals surface area contributed by atoms with Crippen LogP contribution >= 0.6 is 0 Å². The van der Waals surface area contributed by atoms with E-state index in [2.05, 4.69) is 10.2 Å². The van der Waals surface area contributed by atoms with Crippen LogP contribution in [0.25, 0.3) is 0 Å². The number of amides is 1. The van der Waals surface area contributed by atoms with E-state index >= 15 is 0 Å². The normalized spacial score (nSPS) is 10.3. The van der Waals surface area contributed by atoms with Crippen LogP contribution in [-0.2, 0) is 14.4 Å². The summed E-state index contributed by atoms with van der Waals surface area (Å²) in [7, 11) is 0. The third-order valence-electron chi connectivity index (χ3n) is 1.42. The van der Waals surface area contributed by atoms with Gasteiger partial charge < -0.3 is 10.4 Å². The fourth-order valence-corrected chi connectivity index (χ4v) is 0.776. The van der Waals surface area contributed by atoms with E-state index in [4.69, 9.17) is 15.5 Å². The third-order valence-corrected chi connectivity index (χ3v) is 1.42. The number of nitrogens with zero attached hydrogens (tertiary/aromatic N) is 1. The number of rotatable bonds is 8. The molecule has 88 valence electrons. The fourth-order valence-electron chi connectivity index (χ4n) is 0.776. The topological polar surface area (TPSA) is 119 Å². The summed E-state index contributed by atoms with van der Waals surface area (Å²) in [5.41, 5.74) is 0. The lowest BCUT2D eigenvalue weighted by molar-refractivity contribution is -0.492. The molecule has 4 N–H and O–H groups in total. The van der Waals surface area contributed by atoms with E-state index in [1.165, 1.54) is 0 Å². The Hall–Kier alpha value is -1.22. The summed E-state index contributed by atoms with van der Waals surface area (Å²) >= 11 is 0. The number of hydrogen-bond donors (Lipinski definition) is 4. The van der Waals surface area contributed by atoms with Crippen LogP contribution in [0.2, 0.25) is 0 Å². The molecule has 0 aliphatic carbocycles. The monoisotopic (exact) mass is 222 g/mol. The summed E-state index contributed by atoms with van der Waals surface area (Å²) in [4.78, 5) is 25.3. The first-order valence-corrected chi connectivity index (χ1v) is 4.31. The van der Waals surface area contributed by atoms with Gasteiger partial charge in [0.1, 0.15) is 0 Å². The van der Waals surface area contributed by atoms with Crippen molar-refractivity contribution >= 4 is 11.9 Å². The quantitative estimate of drug-likeness (QED) is 0.319. The number of carboxylic acid groups (broad SMARTS) is 1. The van der Waals surface area contributed by atoms with Crippen molar-refractivity contribution < 1.29 is 29.9 Å². The third kappa shape index (κ3) is 10.7. The van der Waals surface area contributed by atoms with Gasteiger partial charge in [0.05, 0.1) is 18.4 Å². The molecule has 0 radical (unpaired) electrons. The van der Waals surface area contributed by atoms with E-state index in [9.17, 15) is 9.59 Å². The summed E-state index contributed by atoms with van der Waals surface area (Å²) < 4.78 is 0. The minimum Gasteiger partial charge on any atom is -0.481 e. The standard InChI is InChI=1S/C7H14N2O6/c10-6(8-4-3-7(11)12)2-1-5-15-9(13)14/h13-14H,1-5H2,(H,8,10)(H,11,12). The SMILES string of the molecule is O=C(O)CCNC(=O)CCCON(O)O. The second kappa shape index (κ2) is 8.12. The zero-order valence-electron chi connectivity index (χ0n) is 8.05. The van der Waals surface area contributed by atoms with E-state index in [0.29, 0.717) is 6.42 Å². The first-order chi connectivity index (χ1) is 7.02. The van der Waals surface area contributed by atoms with Crippen molar-refractivity contribution in [3.8, 4) is 0 Å². The molecule has 8 nitrogen and oxygen atoms in total. The molecule has 0 rings (SSSR count). The van der Waals surface area contributed by atoms with Crippen LogP contribution in [0.4, 0.5) is 0 Å². The van der Waals surface area contributed by atoms with Crippen molar-refractivity contribution in [3.05, 3.63) is 0 Å². The highest BCUT2D eigenvalue weighted by Crippen LogP contribution is 1.91. The number of nitrogens with one attached hydrogen (secondary N) is 1. The van der Waals surface area contributed by atoms with Gasteiger partial charge in [0.25, 0.3) is 0 Å². The largest absolute Gasteiger partial charge is 0.481 e. The van der Waals surface area contributed by atoms with E-state index < -0.39 is 11.4 Å². The molecule has 0 spiro atoms. The second-order valence-corrected chi connectivity index (χ2v) is 2.68. The number of carbonyl (C=O) groups excluding carboxylic acids is 1. The number of aliphatic carboxylic acids is 1. The predicted molar refractivity (Wildman–Crippen MR) is 45.9 cm³/mol. The fraction of sp³-hybridized carbons (Fsp3) is 0.714. The Labute approximate surface area is 85.9 Å². The Morgan fingerprint density at radius 2 is 1.93 bits per heavy atom. The van der Waals surface area contributed by atoms with Crippen molar-refractivity contribution in [2.24, 2.45) is 0 Å². The Morgan fingerprint density at radius 3 is 2.47 bits per heavy atom. The molecule has 0 aromatic rings. The van der Waals surface area contributed by atoms with E-state index in [-0.39, 0.29) is 31.9 Å². The smallest absolute Gasteiger partial charge is 0.305 e. The summed E-state index contributed by atoms with van der Waals surface area (Å²) in [6, 6.07) is 0. The van der Waals surface area contributed by atoms with Gasteiger partial charge in [-0.1, -0.05) is 0 Å². The molecule has 0 bridgehead atoms. The van der Waals surface area contributed by atoms with Gasteiger partial charge in [-0.05, 0) is 6.42 Å². The van der Waals surface area contributed by atoms with Gasteiger partial charge in [0, 0.05) is 13.0 Å². The van der Waals surface area contributed by atoms with Crippen molar-refractivity contribution in [1.29, 1.82) is 0 Å². The van der Waals surface area contributed by atoms with Crippen LogP contribution in [0.3, 0.4) is 0 Å². The first-order valence-electron chi connectivity index (χ1n) is 4.31. The molecule has 15 heavy (non-hydrogen) atoms. The second-order valence-electron chi connectivity index (χ2n) is 2.68. The summed E-state index contributed by atoms with van der Waals surface area (Å²) in [6.45, 7) is 0.0699. The zero-order valence-corrected chi connectivity index (χ0v) is 8.05. The molecule has 0 saturated carbocycles. The van der Waals surface area contributed by atoms with E-state index in [1.54, 1.807) is 0 Å². The summed E-state index contributed by atoms with van der Waals surface area (Å²) in [6.07, 6.45) is 0.313. The molecule has 0 fully saturated rings. The molecule has 0 unspecified atom stereocenters. The highest BCUT2D eigenvalue weighted by molar-refractivity contribution is 5.76. The zero-order chi connectivity index (χ0) is 11.7. The van der Waals surface area contributed by atoms with Crippen molar-refractivity contribution in [1.82, 2.24) is 10.7 Å². The van der Waals surface area contributed by atoms with Crippen molar-refractivity contribution in [2.45, 2.75) is 19.3 Å². The van der Waals surface area contributed by atoms with Gasteiger partial charge in [-0.15, -0.1) is 0 Å². The van der Waals surface area contributed by atoms with Crippen molar-refractivity contribution in [2.75, 3.05) is 13.2 Å². The number of carbonyl (C=O) groups is 2. The molecule has 0 aromatic carbocycles. The minimum absolute atomic E-state index is 0.0145. The lowest BCUT2D eigenvalue weighted by Crippen LogP contribution is -2.26. The van der Waals surface area contributed by atoms with E-state index in [1.807, 2.05) is 0 Å². The van der Waals surface area contributed by atoms with Crippen LogP contribution in [0.15, 0.2) is 0 Å². The van der Waals surface area contributed by atoms with Crippen LogP contribution < -0.4 is 5.32 Å². The molecule has 8 heteroatoms. The Kier molecular flexibility index (Phi) is 7.46. The average molecular weight is 222 g/mol. The molecule has 0 aromatic heterocycles. The maximum atomic E-state index is 11.0. The Balaban J connectivity index is 3.30. The van der Waals surface area contributed by atoms with Crippen LogP contribution in [0.1, 0.15) is 19.3 Å². The van der Waals surface area contributed by atoms with E-state index in [0.717, 1.165) is 0 Å². The maximum absolute atomic E-state index is 11.0. The number of carboxylic acids is 1. The molecular weight excluding hydrogens is 208 g/mol. The summed E-state index contributed by atoms with van der Waals surface area (Å²) in [5, 5.41) is 26.5. The van der Waals surface area contributed by atoms with Crippen LogP contribution in [-0.4, -0.2) is 45.9 Å². The lowest BCUT2D eigenvalue weighted by atomic mass is 10.3. The highest BCUT2D eigenvalue weighted by Gasteiger charge is 2.03. The van der Waals surface area contributed by atoms with Gasteiger partial charge in [-0.25, -0.2) is 0 Å². The summed E-state index contributed by atoms with van der Waals surface area (Å²) in [5.74, 6) is -1.28. The van der Waals surface area contributed by atoms with Gasteiger partial charge in [0.2, 0.25) is 5.91 Å². The molecule has 0 atom stereocenters. The van der Waals surface area contributed by atoms with Gasteiger partial charge in [-0.3, -0.25) is 24.8 Å². The Morgan fingerprint density at radius 1 is 1.27 bits per heavy atom. The lowest BCUT2D eigenvalue weighted by Gasteiger charge is -2.06. The molecule has 0 saturated heterocycles. The molecule has 1 amide bonds. The van der Waals surface area contributed by atoms with Gasteiger partial charge in [0.15, 0.2) is 0 Å². The van der Waals surface area contributed by atoms with Crippen LogP contribution in [0, 0.1) is 0 Å². The molecule has 0 heterocycles. The molecule has 0 aliphatic heterocycles. The Bertz CT molecular complexity index is 208.